The topological polar surface area (TPSA) is 40.5 Å². The molecule has 0 fully saturated rings. The molecular weight excluding hydrogens is 255 g/mol. The normalized spacial score (nSPS) is 10.9. The molecular formula is C16H19O2P. The fourth-order valence-corrected chi connectivity index (χ4v) is 2.86. The highest BCUT2D eigenvalue weighted by atomic mass is 31.0. The minimum Gasteiger partial charge on any atom is -0.507 e. The van der Waals surface area contributed by atoms with Gasteiger partial charge in [0.25, 0.3) is 0 Å². The maximum atomic E-state index is 10.2. The van der Waals surface area contributed by atoms with Crippen LogP contribution in [0.4, 0.5) is 0 Å². The van der Waals surface area contributed by atoms with Crippen LogP contribution in [0.15, 0.2) is 36.4 Å². The lowest BCUT2D eigenvalue weighted by Crippen LogP contribution is -2.04. The SMILES string of the molecule is Cc1cccc(C(CP)c2cccc(C)c2O)c1O. The van der Waals surface area contributed by atoms with Crippen molar-refractivity contribution in [2.45, 2.75) is 19.8 Å². The van der Waals surface area contributed by atoms with Gasteiger partial charge in [0.1, 0.15) is 11.5 Å². The summed E-state index contributed by atoms with van der Waals surface area (Å²) in [5.41, 5.74) is 3.42. The quantitative estimate of drug-likeness (QED) is 0.837. The van der Waals surface area contributed by atoms with Crippen molar-refractivity contribution in [3.8, 4) is 11.5 Å². The summed E-state index contributed by atoms with van der Waals surface area (Å²) < 4.78 is 0. The second kappa shape index (κ2) is 5.63. The molecule has 0 heterocycles. The van der Waals surface area contributed by atoms with E-state index in [9.17, 15) is 10.2 Å². The summed E-state index contributed by atoms with van der Waals surface area (Å²) in [4.78, 5) is 0. The molecule has 100 valence electrons. The van der Waals surface area contributed by atoms with Gasteiger partial charge in [0.05, 0.1) is 0 Å². The summed E-state index contributed by atoms with van der Waals surface area (Å²) in [6.07, 6.45) is 0.744. The van der Waals surface area contributed by atoms with Crippen LogP contribution in [-0.4, -0.2) is 16.4 Å². The predicted molar refractivity (Wildman–Crippen MR) is 82.1 cm³/mol. The molecule has 1 unspecified atom stereocenters. The molecule has 2 N–H and O–H groups in total. The van der Waals surface area contributed by atoms with Crippen molar-refractivity contribution in [2.24, 2.45) is 0 Å². The Morgan fingerprint density at radius 2 is 1.32 bits per heavy atom. The monoisotopic (exact) mass is 274 g/mol. The zero-order chi connectivity index (χ0) is 14.0. The number of hydrogen-bond donors (Lipinski definition) is 2. The molecule has 0 amide bonds. The molecule has 0 spiro atoms. The van der Waals surface area contributed by atoms with Gasteiger partial charge < -0.3 is 10.2 Å². The molecule has 0 aliphatic heterocycles. The fraction of sp³-hybridized carbons (Fsp3) is 0.250. The molecule has 19 heavy (non-hydrogen) atoms. The van der Waals surface area contributed by atoms with Gasteiger partial charge in [-0.2, -0.15) is 0 Å². The lowest BCUT2D eigenvalue weighted by Gasteiger charge is -2.20. The van der Waals surface area contributed by atoms with Crippen LogP contribution in [0.5, 0.6) is 11.5 Å². The van der Waals surface area contributed by atoms with Crippen LogP contribution in [0.1, 0.15) is 28.2 Å². The lowest BCUT2D eigenvalue weighted by molar-refractivity contribution is 0.453. The third kappa shape index (κ3) is 2.59. The Hall–Kier alpha value is -1.53. The van der Waals surface area contributed by atoms with Crippen molar-refractivity contribution in [2.75, 3.05) is 6.16 Å². The van der Waals surface area contributed by atoms with Crippen LogP contribution < -0.4 is 0 Å². The number of rotatable bonds is 3. The van der Waals surface area contributed by atoms with Gasteiger partial charge in [0.15, 0.2) is 0 Å². The summed E-state index contributed by atoms with van der Waals surface area (Å²) in [5, 5.41) is 20.5. The van der Waals surface area contributed by atoms with Crippen molar-refractivity contribution >= 4 is 9.24 Å². The molecule has 0 bridgehead atoms. The molecule has 2 aromatic carbocycles. The van der Waals surface area contributed by atoms with Gasteiger partial charge in [-0.05, 0) is 31.1 Å². The van der Waals surface area contributed by atoms with Crippen molar-refractivity contribution in [3.63, 3.8) is 0 Å². The average molecular weight is 274 g/mol. The summed E-state index contributed by atoms with van der Waals surface area (Å²) in [6.45, 7) is 3.77. The van der Waals surface area contributed by atoms with Gasteiger partial charge >= 0.3 is 0 Å². The summed E-state index contributed by atoms with van der Waals surface area (Å²) in [7, 11) is 2.70. The average Bonchev–Trinajstić information content (AvgIpc) is 2.40. The van der Waals surface area contributed by atoms with E-state index in [1.807, 2.05) is 50.2 Å². The summed E-state index contributed by atoms with van der Waals surface area (Å²) in [6, 6.07) is 11.5. The molecule has 2 nitrogen and oxygen atoms in total. The van der Waals surface area contributed by atoms with Crippen molar-refractivity contribution in [1.29, 1.82) is 0 Å². The van der Waals surface area contributed by atoms with Crippen LogP contribution in [0.3, 0.4) is 0 Å². The van der Waals surface area contributed by atoms with Crippen LogP contribution in [0, 0.1) is 13.8 Å². The number of phenolic OH excluding ortho intramolecular Hbond substituents is 2. The minimum atomic E-state index is -0.0233. The second-order valence-corrected chi connectivity index (χ2v) is 5.29. The Morgan fingerprint density at radius 3 is 1.68 bits per heavy atom. The molecule has 0 aliphatic rings. The highest BCUT2D eigenvalue weighted by Gasteiger charge is 2.20. The molecule has 0 saturated carbocycles. The molecule has 2 rings (SSSR count). The van der Waals surface area contributed by atoms with Gasteiger partial charge in [-0.1, -0.05) is 36.4 Å². The number of hydrogen-bond acceptors (Lipinski definition) is 2. The van der Waals surface area contributed by atoms with Crippen LogP contribution >= 0.6 is 9.24 Å². The van der Waals surface area contributed by atoms with E-state index in [1.54, 1.807) is 0 Å². The van der Waals surface area contributed by atoms with E-state index in [0.29, 0.717) is 11.5 Å². The smallest absolute Gasteiger partial charge is 0.122 e. The Morgan fingerprint density at radius 1 is 0.895 bits per heavy atom. The zero-order valence-corrected chi connectivity index (χ0v) is 12.4. The van der Waals surface area contributed by atoms with E-state index in [1.165, 1.54) is 0 Å². The summed E-state index contributed by atoms with van der Waals surface area (Å²) in [5.74, 6) is 0.608. The zero-order valence-electron chi connectivity index (χ0n) is 11.2. The van der Waals surface area contributed by atoms with Gasteiger partial charge in [-0.3, -0.25) is 0 Å². The van der Waals surface area contributed by atoms with E-state index >= 15 is 0 Å². The Balaban J connectivity index is 2.57. The number of aromatic hydroxyl groups is 2. The van der Waals surface area contributed by atoms with Gasteiger partial charge in [-0.15, -0.1) is 9.24 Å². The van der Waals surface area contributed by atoms with Gasteiger partial charge in [0.2, 0.25) is 0 Å². The van der Waals surface area contributed by atoms with Crippen molar-refractivity contribution < 1.29 is 10.2 Å². The molecule has 0 saturated heterocycles. The van der Waals surface area contributed by atoms with E-state index in [0.717, 1.165) is 28.4 Å². The van der Waals surface area contributed by atoms with Crippen molar-refractivity contribution in [3.05, 3.63) is 58.7 Å². The van der Waals surface area contributed by atoms with Crippen LogP contribution in [-0.2, 0) is 0 Å². The van der Waals surface area contributed by atoms with E-state index in [4.69, 9.17) is 0 Å². The molecule has 3 heteroatoms. The Kier molecular flexibility index (Phi) is 4.11. The molecule has 0 radical (unpaired) electrons. The fourth-order valence-electron chi connectivity index (χ4n) is 2.35. The van der Waals surface area contributed by atoms with Crippen LogP contribution in [0.2, 0.25) is 0 Å². The summed E-state index contributed by atoms with van der Waals surface area (Å²) >= 11 is 0. The van der Waals surface area contributed by atoms with E-state index in [-0.39, 0.29) is 5.92 Å². The first kappa shape index (κ1) is 13.9. The first-order chi connectivity index (χ1) is 9.06. The minimum absolute atomic E-state index is 0.0233. The largest absolute Gasteiger partial charge is 0.507 e. The standard InChI is InChI=1S/C16H19O2P/c1-10-5-3-7-12(15(10)17)14(9-19)13-8-4-6-11(2)16(13)18/h3-8,14,17-18H,9,19H2,1-2H3. The maximum absolute atomic E-state index is 10.2. The highest BCUT2D eigenvalue weighted by molar-refractivity contribution is 7.16. The second-order valence-electron chi connectivity index (χ2n) is 4.81. The maximum Gasteiger partial charge on any atom is 0.122 e. The first-order valence-electron chi connectivity index (χ1n) is 6.33. The third-order valence-corrected chi connectivity index (χ3v) is 4.00. The highest BCUT2D eigenvalue weighted by Crippen LogP contribution is 2.39. The predicted octanol–water partition coefficient (Wildman–Crippen LogP) is 3.72. The molecule has 0 aromatic heterocycles. The number of phenols is 2. The number of para-hydroxylation sites is 2. The first-order valence-corrected chi connectivity index (χ1v) is 7.15. The number of benzene rings is 2. The Bertz CT molecular complexity index is 542. The Labute approximate surface area is 116 Å². The van der Waals surface area contributed by atoms with E-state index < -0.39 is 0 Å². The lowest BCUT2D eigenvalue weighted by atomic mass is 9.89. The molecule has 1 atom stereocenters. The van der Waals surface area contributed by atoms with Crippen molar-refractivity contribution in [1.82, 2.24) is 0 Å². The molecule has 2 aromatic rings. The molecule has 0 aliphatic carbocycles. The van der Waals surface area contributed by atoms with Crippen LogP contribution in [0.25, 0.3) is 0 Å². The number of aryl methyl sites for hydroxylation is 2. The van der Waals surface area contributed by atoms with Gasteiger partial charge in [0, 0.05) is 17.0 Å². The van der Waals surface area contributed by atoms with E-state index in [2.05, 4.69) is 9.24 Å². The third-order valence-electron chi connectivity index (χ3n) is 3.52. The van der Waals surface area contributed by atoms with Gasteiger partial charge in [-0.25, -0.2) is 0 Å².